The summed E-state index contributed by atoms with van der Waals surface area (Å²) in [7, 11) is 0. The summed E-state index contributed by atoms with van der Waals surface area (Å²) in [6.07, 6.45) is 0. The van der Waals surface area contributed by atoms with Crippen LogP contribution in [0.25, 0.3) is 10.9 Å². The SMILES string of the molecule is Cc1cc(N[C@@H](C)c2ccc3c(c2)OCO3)nc2ccccc12. The Balaban J connectivity index is 1.62. The Morgan fingerprint density at radius 1 is 1.04 bits per heavy atom. The molecule has 0 bridgehead atoms. The fourth-order valence-electron chi connectivity index (χ4n) is 2.91. The number of hydrogen-bond acceptors (Lipinski definition) is 4. The van der Waals surface area contributed by atoms with Crippen molar-refractivity contribution in [1.29, 1.82) is 0 Å². The van der Waals surface area contributed by atoms with Gasteiger partial charge in [-0.1, -0.05) is 24.3 Å². The first-order valence-electron chi connectivity index (χ1n) is 7.73. The highest BCUT2D eigenvalue weighted by molar-refractivity contribution is 5.83. The van der Waals surface area contributed by atoms with Gasteiger partial charge in [0.05, 0.1) is 11.6 Å². The van der Waals surface area contributed by atoms with Gasteiger partial charge in [0, 0.05) is 5.39 Å². The number of para-hydroxylation sites is 1. The van der Waals surface area contributed by atoms with Crippen molar-refractivity contribution in [3.8, 4) is 11.5 Å². The average molecular weight is 306 g/mol. The van der Waals surface area contributed by atoms with Crippen molar-refractivity contribution in [3.05, 3.63) is 59.7 Å². The van der Waals surface area contributed by atoms with Gasteiger partial charge in [-0.25, -0.2) is 4.98 Å². The van der Waals surface area contributed by atoms with Gasteiger partial charge >= 0.3 is 0 Å². The molecule has 0 radical (unpaired) electrons. The summed E-state index contributed by atoms with van der Waals surface area (Å²) in [5.74, 6) is 2.49. The number of nitrogens with zero attached hydrogens (tertiary/aromatic N) is 1. The van der Waals surface area contributed by atoms with Crippen LogP contribution in [0.2, 0.25) is 0 Å². The summed E-state index contributed by atoms with van der Waals surface area (Å²) in [5.41, 5.74) is 3.37. The van der Waals surface area contributed by atoms with E-state index in [9.17, 15) is 0 Å². The van der Waals surface area contributed by atoms with E-state index in [1.54, 1.807) is 0 Å². The van der Waals surface area contributed by atoms with Crippen LogP contribution in [0, 0.1) is 6.92 Å². The van der Waals surface area contributed by atoms with E-state index in [1.165, 1.54) is 10.9 Å². The molecule has 2 aromatic carbocycles. The van der Waals surface area contributed by atoms with Crippen molar-refractivity contribution in [2.24, 2.45) is 0 Å². The van der Waals surface area contributed by atoms with E-state index in [-0.39, 0.29) is 6.04 Å². The van der Waals surface area contributed by atoms with Gasteiger partial charge < -0.3 is 14.8 Å². The molecule has 0 saturated carbocycles. The number of ether oxygens (including phenoxy) is 2. The summed E-state index contributed by atoms with van der Waals surface area (Å²) in [4.78, 5) is 4.71. The third-order valence-corrected chi connectivity index (χ3v) is 4.18. The van der Waals surface area contributed by atoms with E-state index < -0.39 is 0 Å². The molecule has 23 heavy (non-hydrogen) atoms. The topological polar surface area (TPSA) is 43.4 Å². The van der Waals surface area contributed by atoms with E-state index in [0.717, 1.165) is 28.4 Å². The van der Waals surface area contributed by atoms with Crippen LogP contribution in [0.3, 0.4) is 0 Å². The van der Waals surface area contributed by atoms with E-state index in [0.29, 0.717) is 6.79 Å². The second-order valence-electron chi connectivity index (χ2n) is 5.82. The number of pyridine rings is 1. The van der Waals surface area contributed by atoms with Crippen molar-refractivity contribution in [2.75, 3.05) is 12.1 Å². The summed E-state index contributed by atoms with van der Waals surface area (Å²) >= 11 is 0. The molecular weight excluding hydrogens is 288 g/mol. The molecule has 1 N–H and O–H groups in total. The zero-order chi connectivity index (χ0) is 15.8. The van der Waals surface area contributed by atoms with Crippen LogP contribution in [0.4, 0.5) is 5.82 Å². The largest absolute Gasteiger partial charge is 0.454 e. The monoisotopic (exact) mass is 306 g/mol. The maximum atomic E-state index is 5.45. The van der Waals surface area contributed by atoms with Crippen LogP contribution in [0.5, 0.6) is 11.5 Å². The molecule has 116 valence electrons. The van der Waals surface area contributed by atoms with Crippen molar-refractivity contribution < 1.29 is 9.47 Å². The normalized spacial score (nSPS) is 14.0. The smallest absolute Gasteiger partial charge is 0.231 e. The number of aryl methyl sites for hydroxylation is 1. The minimum absolute atomic E-state index is 0.123. The van der Waals surface area contributed by atoms with Crippen molar-refractivity contribution in [3.63, 3.8) is 0 Å². The molecule has 0 unspecified atom stereocenters. The van der Waals surface area contributed by atoms with Crippen molar-refractivity contribution in [1.82, 2.24) is 4.98 Å². The lowest BCUT2D eigenvalue weighted by Gasteiger charge is -2.16. The zero-order valence-electron chi connectivity index (χ0n) is 13.2. The van der Waals surface area contributed by atoms with Gasteiger partial charge in [0.2, 0.25) is 6.79 Å². The van der Waals surface area contributed by atoms with E-state index >= 15 is 0 Å². The van der Waals surface area contributed by atoms with Gasteiger partial charge in [0.15, 0.2) is 11.5 Å². The number of hydrogen-bond donors (Lipinski definition) is 1. The lowest BCUT2D eigenvalue weighted by Crippen LogP contribution is -2.08. The summed E-state index contributed by atoms with van der Waals surface area (Å²) in [6.45, 7) is 4.52. The molecule has 2 heterocycles. The van der Waals surface area contributed by atoms with Gasteiger partial charge in [0.25, 0.3) is 0 Å². The third-order valence-electron chi connectivity index (χ3n) is 4.18. The minimum atomic E-state index is 0.123. The summed E-state index contributed by atoms with van der Waals surface area (Å²) < 4.78 is 10.8. The number of benzene rings is 2. The van der Waals surface area contributed by atoms with Gasteiger partial charge in [-0.3, -0.25) is 0 Å². The molecule has 4 heteroatoms. The molecule has 0 aliphatic carbocycles. The maximum Gasteiger partial charge on any atom is 0.231 e. The molecule has 4 rings (SSSR count). The Bertz CT molecular complexity index is 876. The van der Waals surface area contributed by atoms with E-state index in [2.05, 4.69) is 37.4 Å². The van der Waals surface area contributed by atoms with Crippen LogP contribution >= 0.6 is 0 Å². The molecule has 4 nitrogen and oxygen atoms in total. The Morgan fingerprint density at radius 2 is 1.87 bits per heavy atom. The van der Waals surface area contributed by atoms with E-state index in [4.69, 9.17) is 14.5 Å². The highest BCUT2D eigenvalue weighted by atomic mass is 16.7. The number of aromatic nitrogens is 1. The van der Waals surface area contributed by atoms with Crippen molar-refractivity contribution >= 4 is 16.7 Å². The molecular formula is C19H18N2O2. The molecule has 0 saturated heterocycles. The third kappa shape index (κ3) is 2.57. The summed E-state index contributed by atoms with van der Waals surface area (Å²) in [5, 5.41) is 4.66. The fourth-order valence-corrected chi connectivity index (χ4v) is 2.91. The van der Waals surface area contributed by atoms with Crippen LogP contribution < -0.4 is 14.8 Å². The fraction of sp³-hybridized carbons (Fsp3) is 0.211. The Kier molecular flexibility index (Phi) is 3.30. The molecule has 1 aromatic heterocycles. The molecule has 1 aliphatic rings. The molecule has 0 fully saturated rings. The lowest BCUT2D eigenvalue weighted by atomic mass is 10.1. The maximum absolute atomic E-state index is 5.45. The van der Waals surface area contributed by atoms with Gasteiger partial charge in [-0.15, -0.1) is 0 Å². The molecule has 1 atom stereocenters. The van der Waals surface area contributed by atoms with Gasteiger partial charge in [-0.2, -0.15) is 0 Å². The molecule has 1 aliphatic heterocycles. The number of nitrogens with one attached hydrogen (secondary N) is 1. The number of anilines is 1. The van der Waals surface area contributed by atoms with Crippen LogP contribution in [-0.2, 0) is 0 Å². The second-order valence-corrected chi connectivity index (χ2v) is 5.82. The molecule has 3 aromatic rings. The lowest BCUT2D eigenvalue weighted by molar-refractivity contribution is 0.174. The summed E-state index contributed by atoms with van der Waals surface area (Å²) in [6, 6.07) is 16.4. The average Bonchev–Trinajstić information content (AvgIpc) is 3.02. The minimum Gasteiger partial charge on any atom is -0.454 e. The van der Waals surface area contributed by atoms with E-state index in [1.807, 2.05) is 30.3 Å². The van der Waals surface area contributed by atoms with Gasteiger partial charge in [-0.05, 0) is 49.2 Å². The Morgan fingerprint density at radius 3 is 2.78 bits per heavy atom. The van der Waals surface area contributed by atoms with Gasteiger partial charge in [0.1, 0.15) is 5.82 Å². The first-order valence-corrected chi connectivity index (χ1v) is 7.73. The quantitative estimate of drug-likeness (QED) is 0.776. The predicted molar refractivity (Wildman–Crippen MR) is 91.1 cm³/mol. The Hall–Kier alpha value is -2.75. The highest BCUT2D eigenvalue weighted by Gasteiger charge is 2.16. The Labute approximate surface area is 135 Å². The second kappa shape index (κ2) is 5.47. The first-order chi connectivity index (χ1) is 11.2. The van der Waals surface area contributed by atoms with Crippen LogP contribution in [0.1, 0.15) is 24.1 Å². The predicted octanol–water partition coefficient (Wildman–Crippen LogP) is 4.45. The van der Waals surface area contributed by atoms with Crippen LogP contribution in [0.15, 0.2) is 48.5 Å². The number of fused-ring (bicyclic) bond motifs is 2. The highest BCUT2D eigenvalue weighted by Crippen LogP contribution is 2.34. The standard InChI is InChI=1S/C19H18N2O2/c1-12-9-19(21-16-6-4-3-5-15(12)16)20-13(2)14-7-8-17-18(10-14)23-11-22-17/h3-10,13H,11H2,1-2H3,(H,20,21)/t13-/m0/s1. The first kappa shape index (κ1) is 13.9. The molecule has 0 amide bonds. The van der Waals surface area contributed by atoms with Crippen LogP contribution in [-0.4, -0.2) is 11.8 Å². The zero-order valence-corrected chi connectivity index (χ0v) is 13.2. The van der Waals surface area contributed by atoms with Crippen molar-refractivity contribution in [2.45, 2.75) is 19.9 Å². The molecule has 0 spiro atoms. The number of rotatable bonds is 3.